The summed E-state index contributed by atoms with van der Waals surface area (Å²) in [5.74, 6) is 1.04. The maximum Gasteiger partial charge on any atom is 0.195 e. The number of para-hydroxylation sites is 1. The van der Waals surface area contributed by atoms with Crippen LogP contribution in [0.5, 0.6) is 0 Å². The first-order valence-electron chi connectivity index (χ1n) is 8.12. The van der Waals surface area contributed by atoms with Gasteiger partial charge in [0.2, 0.25) is 0 Å². The van der Waals surface area contributed by atoms with Gasteiger partial charge in [-0.1, -0.05) is 48.5 Å². The van der Waals surface area contributed by atoms with Crippen molar-refractivity contribution in [3.63, 3.8) is 0 Å². The summed E-state index contributed by atoms with van der Waals surface area (Å²) in [7, 11) is -3.56. The molecule has 0 aliphatic rings. The van der Waals surface area contributed by atoms with Crippen LogP contribution in [0.2, 0.25) is 5.02 Å². The van der Waals surface area contributed by atoms with Crippen LogP contribution in [0.25, 0.3) is 5.69 Å². The van der Waals surface area contributed by atoms with E-state index in [1.165, 1.54) is 12.1 Å². The van der Waals surface area contributed by atoms with Gasteiger partial charge in [0.1, 0.15) is 5.75 Å². The molecule has 0 saturated heterocycles. The molecule has 1 heterocycles. The first-order valence-corrected chi connectivity index (χ1v) is 11.1. The number of rotatable bonds is 7. The van der Waals surface area contributed by atoms with Gasteiger partial charge in [0.25, 0.3) is 0 Å². The Hall–Kier alpha value is -1.83. The van der Waals surface area contributed by atoms with Crippen molar-refractivity contribution in [2.45, 2.75) is 29.1 Å². The molecule has 8 heteroatoms. The Morgan fingerprint density at radius 1 is 1.04 bits per heavy atom. The fraction of sp³-hybridized carbons (Fsp3) is 0.222. The number of sulfone groups is 1. The molecule has 0 aliphatic heterocycles. The monoisotopic (exact) mass is 407 g/mol. The number of thioether (sulfide) groups is 1. The third-order valence-electron chi connectivity index (χ3n) is 3.64. The fourth-order valence-corrected chi connectivity index (χ4v) is 4.61. The van der Waals surface area contributed by atoms with Gasteiger partial charge in [0, 0.05) is 16.5 Å². The van der Waals surface area contributed by atoms with Crippen LogP contribution in [0.1, 0.15) is 19.2 Å². The van der Waals surface area contributed by atoms with Gasteiger partial charge in [-0.3, -0.25) is 4.57 Å². The average molecular weight is 408 g/mol. The molecule has 0 aliphatic carbocycles. The summed E-state index contributed by atoms with van der Waals surface area (Å²) in [6.45, 7) is 2.09. The Morgan fingerprint density at radius 3 is 2.38 bits per heavy atom. The van der Waals surface area contributed by atoms with Gasteiger partial charge in [0.15, 0.2) is 20.8 Å². The fourth-order valence-electron chi connectivity index (χ4n) is 2.41. The summed E-state index contributed by atoms with van der Waals surface area (Å²) in [5, 5.41) is 9.56. The van der Waals surface area contributed by atoms with E-state index in [4.69, 9.17) is 11.6 Å². The lowest BCUT2D eigenvalue weighted by Crippen LogP contribution is -2.11. The van der Waals surface area contributed by atoms with Gasteiger partial charge in [-0.15, -0.1) is 10.2 Å². The Kier molecular flexibility index (Phi) is 6.01. The molecule has 0 unspecified atom stereocenters. The average Bonchev–Trinajstić information content (AvgIpc) is 3.02. The predicted molar refractivity (Wildman–Crippen MR) is 105 cm³/mol. The highest BCUT2D eigenvalue weighted by molar-refractivity contribution is 7.99. The molecule has 0 bridgehead atoms. The highest BCUT2D eigenvalue weighted by atomic mass is 35.5. The zero-order valence-electron chi connectivity index (χ0n) is 14.2. The van der Waals surface area contributed by atoms with Crippen molar-refractivity contribution in [1.29, 1.82) is 0 Å². The van der Waals surface area contributed by atoms with E-state index in [0.29, 0.717) is 16.0 Å². The van der Waals surface area contributed by atoms with E-state index in [-0.39, 0.29) is 10.6 Å². The number of aromatic nitrogens is 3. The quantitative estimate of drug-likeness (QED) is 0.543. The van der Waals surface area contributed by atoms with E-state index in [0.717, 1.165) is 17.9 Å². The predicted octanol–water partition coefficient (Wildman–Crippen LogP) is 4.40. The normalized spacial score (nSPS) is 11.6. The molecule has 2 aromatic carbocycles. The second kappa shape index (κ2) is 8.24. The second-order valence-corrected chi connectivity index (χ2v) is 9.12. The molecule has 3 rings (SSSR count). The zero-order valence-corrected chi connectivity index (χ0v) is 16.6. The van der Waals surface area contributed by atoms with E-state index < -0.39 is 9.84 Å². The van der Waals surface area contributed by atoms with Crippen LogP contribution in [0, 0.1) is 0 Å². The van der Waals surface area contributed by atoms with Crippen LogP contribution < -0.4 is 0 Å². The molecule has 0 radical (unpaired) electrons. The highest BCUT2D eigenvalue weighted by Crippen LogP contribution is 2.25. The van der Waals surface area contributed by atoms with Crippen molar-refractivity contribution < 1.29 is 8.42 Å². The molecule has 0 N–H and O–H groups in total. The molecule has 0 saturated carbocycles. The van der Waals surface area contributed by atoms with Crippen molar-refractivity contribution in [2.75, 3.05) is 5.75 Å². The molecule has 0 spiro atoms. The smallest absolute Gasteiger partial charge is 0.195 e. The van der Waals surface area contributed by atoms with Crippen LogP contribution in [0.15, 0.2) is 64.6 Å². The lowest BCUT2D eigenvalue weighted by Gasteiger charge is -2.10. The zero-order chi connectivity index (χ0) is 18.6. The van der Waals surface area contributed by atoms with Gasteiger partial charge in [-0.2, -0.15) is 0 Å². The Bertz CT molecular complexity index is 971. The van der Waals surface area contributed by atoms with E-state index in [1.807, 2.05) is 34.9 Å². The standard InChI is InChI=1S/C18H18ClN3O2S2/c1-2-12-25-18-21-20-17(22(18)15-6-4-3-5-7-15)13-26(23,24)16-10-8-14(19)9-11-16/h3-11H,2,12-13H2,1H3. The molecular weight excluding hydrogens is 390 g/mol. The summed E-state index contributed by atoms with van der Waals surface area (Å²) in [4.78, 5) is 0.215. The van der Waals surface area contributed by atoms with E-state index in [9.17, 15) is 8.42 Å². The van der Waals surface area contributed by atoms with Crippen molar-refractivity contribution >= 4 is 33.2 Å². The molecule has 5 nitrogen and oxygen atoms in total. The highest BCUT2D eigenvalue weighted by Gasteiger charge is 2.22. The minimum atomic E-state index is -3.56. The maximum absolute atomic E-state index is 12.8. The SMILES string of the molecule is CCCSc1nnc(CS(=O)(=O)c2ccc(Cl)cc2)n1-c1ccccc1. The number of nitrogens with zero attached hydrogens (tertiary/aromatic N) is 3. The van der Waals surface area contributed by atoms with Gasteiger partial charge in [0.05, 0.1) is 4.90 Å². The van der Waals surface area contributed by atoms with Crippen molar-refractivity contribution in [1.82, 2.24) is 14.8 Å². The minimum absolute atomic E-state index is 0.215. The molecule has 26 heavy (non-hydrogen) atoms. The lowest BCUT2D eigenvalue weighted by molar-refractivity contribution is 0.593. The molecular formula is C18H18ClN3O2S2. The number of hydrogen-bond acceptors (Lipinski definition) is 5. The summed E-state index contributed by atoms with van der Waals surface area (Å²) in [5.41, 5.74) is 0.845. The lowest BCUT2D eigenvalue weighted by atomic mass is 10.3. The summed E-state index contributed by atoms with van der Waals surface area (Å²) < 4.78 is 27.4. The van der Waals surface area contributed by atoms with E-state index >= 15 is 0 Å². The van der Waals surface area contributed by atoms with Gasteiger partial charge < -0.3 is 0 Å². The summed E-state index contributed by atoms with van der Waals surface area (Å²) >= 11 is 7.42. The molecule has 0 amide bonds. The second-order valence-electron chi connectivity index (χ2n) is 5.63. The van der Waals surface area contributed by atoms with E-state index in [2.05, 4.69) is 17.1 Å². The molecule has 3 aromatic rings. The van der Waals surface area contributed by atoms with Crippen molar-refractivity contribution in [3.8, 4) is 5.69 Å². The molecule has 136 valence electrons. The summed E-state index contributed by atoms with van der Waals surface area (Å²) in [6.07, 6.45) is 0.991. The third kappa shape index (κ3) is 4.28. The molecule has 0 atom stereocenters. The van der Waals surface area contributed by atoms with Crippen LogP contribution in [-0.2, 0) is 15.6 Å². The van der Waals surface area contributed by atoms with Crippen molar-refractivity contribution in [3.05, 3.63) is 65.4 Å². The molecule has 0 fully saturated rings. The van der Waals surface area contributed by atoms with E-state index in [1.54, 1.807) is 23.9 Å². The Labute approximate surface area is 162 Å². The number of benzene rings is 2. The third-order valence-corrected chi connectivity index (χ3v) is 6.66. The number of halogens is 1. The first-order chi connectivity index (χ1) is 12.5. The van der Waals surface area contributed by atoms with Gasteiger partial charge in [-0.05, 0) is 42.8 Å². The minimum Gasteiger partial charge on any atom is -0.273 e. The van der Waals surface area contributed by atoms with Crippen molar-refractivity contribution in [2.24, 2.45) is 0 Å². The maximum atomic E-state index is 12.8. The van der Waals surface area contributed by atoms with Crippen LogP contribution in [-0.4, -0.2) is 28.9 Å². The topological polar surface area (TPSA) is 64.8 Å². The first kappa shape index (κ1) is 18.9. The van der Waals surface area contributed by atoms with Gasteiger partial charge >= 0.3 is 0 Å². The van der Waals surface area contributed by atoms with Crippen LogP contribution in [0.3, 0.4) is 0 Å². The van der Waals surface area contributed by atoms with Crippen LogP contribution in [0.4, 0.5) is 0 Å². The Balaban J connectivity index is 1.99. The Morgan fingerprint density at radius 2 is 1.73 bits per heavy atom. The number of hydrogen-bond donors (Lipinski definition) is 0. The van der Waals surface area contributed by atoms with Gasteiger partial charge in [-0.25, -0.2) is 8.42 Å². The largest absolute Gasteiger partial charge is 0.273 e. The molecule has 1 aromatic heterocycles. The summed E-state index contributed by atoms with van der Waals surface area (Å²) in [6, 6.07) is 15.7. The van der Waals surface area contributed by atoms with Crippen LogP contribution >= 0.6 is 23.4 Å².